The van der Waals surface area contributed by atoms with Gasteiger partial charge in [0, 0.05) is 10.4 Å². The normalized spacial score (nSPS) is 20.7. The molecule has 3 aromatic rings. The molecule has 0 aromatic heterocycles. The molecule has 1 aliphatic rings. The Morgan fingerprint density at radius 3 is 1.89 bits per heavy atom. The summed E-state index contributed by atoms with van der Waals surface area (Å²) >= 11 is 3.46. The van der Waals surface area contributed by atoms with Crippen LogP contribution in [-0.2, 0) is 9.53 Å². The zero-order chi connectivity index (χ0) is 25.2. The van der Waals surface area contributed by atoms with Gasteiger partial charge < -0.3 is 4.74 Å². The fourth-order valence-corrected chi connectivity index (χ4v) is 5.03. The highest BCUT2D eigenvalue weighted by molar-refractivity contribution is 9.10. The van der Waals surface area contributed by atoms with Crippen LogP contribution in [0.3, 0.4) is 0 Å². The summed E-state index contributed by atoms with van der Waals surface area (Å²) in [7, 11) is 1.32. The molecule has 5 nitrogen and oxygen atoms in total. The first-order valence-corrected chi connectivity index (χ1v) is 12.0. The topological polar surface area (TPSA) is 86.2 Å². The molecule has 1 aliphatic heterocycles. The Hall–Kier alpha value is -3.74. The third-order valence-corrected chi connectivity index (χ3v) is 7.14. The first-order chi connectivity index (χ1) is 16.8. The number of nitriles is 2. The summed E-state index contributed by atoms with van der Waals surface area (Å²) in [5.74, 6) is -2.27. The van der Waals surface area contributed by atoms with Gasteiger partial charge in [-0.2, -0.15) is 10.5 Å². The number of esters is 1. The van der Waals surface area contributed by atoms with Crippen molar-refractivity contribution >= 4 is 27.6 Å². The minimum Gasteiger partial charge on any atom is -0.468 e. The van der Waals surface area contributed by atoms with Crippen molar-refractivity contribution in [3.63, 3.8) is 0 Å². The third kappa shape index (κ3) is 4.38. The second kappa shape index (κ2) is 9.86. The zero-order valence-corrected chi connectivity index (χ0v) is 21.3. The maximum Gasteiger partial charge on any atom is 0.315 e. The second-order valence-electron chi connectivity index (χ2n) is 8.82. The molecule has 0 saturated carbocycles. The third-order valence-electron chi connectivity index (χ3n) is 6.61. The van der Waals surface area contributed by atoms with Crippen LogP contribution in [-0.4, -0.2) is 18.8 Å². The van der Waals surface area contributed by atoms with E-state index in [9.17, 15) is 15.3 Å². The molecule has 0 amide bonds. The van der Waals surface area contributed by atoms with Crippen LogP contribution in [0.5, 0.6) is 0 Å². The fraction of sp³-hybridized carbons (Fsp3) is 0.241. The number of carbonyl (C=O) groups is 1. The van der Waals surface area contributed by atoms with Gasteiger partial charge >= 0.3 is 5.97 Å². The summed E-state index contributed by atoms with van der Waals surface area (Å²) in [4.78, 5) is 18.3. The van der Waals surface area contributed by atoms with Crippen LogP contribution in [0.1, 0.15) is 39.8 Å². The van der Waals surface area contributed by atoms with Gasteiger partial charge in [-0.3, -0.25) is 9.79 Å². The van der Waals surface area contributed by atoms with Crippen molar-refractivity contribution in [3.8, 4) is 12.1 Å². The van der Waals surface area contributed by atoms with Crippen molar-refractivity contribution in [1.82, 2.24) is 0 Å². The molecule has 1 heterocycles. The van der Waals surface area contributed by atoms with E-state index in [2.05, 4.69) is 28.1 Å². The Balaban J connectivity index is 2.08. The van der Waals surface area contributed by atoms with Crippen LogP contribution in [0.4, 0.5) is 0 Å². The molecular formula is C29H24BrN3O2. The summed E-state index contributed by atoms with van der Waals surface area (Å²) < 4.78 is 6.12. The number of hydrogen-bond donors (Lipinski definition) is 0. The number of aliphatic imine (C=N–C) groups is 1. The van der Waals surface area contributed by atoms with Crippen molar-refractivity contribution in [2.75, 3.05) is 7.11 Å². The van der Waals surface area contributed by atoms with Crippen molar-refractivity contribution in [1.29, 1.82) is 10.5 Å². The van der Waals surface area contributed by atoms with Crippen LogP contribution in [0.25, 0.3) is 0 Å². The monoisotopic (exact) mass is 525 g/mol. The number of aryl methyl sites for hydroxylation is 2. The Morgan fingerprint density at radius 2 is 1.40 bits per heavy atom. The summed E-state index contributed by atoms with van der Waals surface area (Å²) in [5.41, 5.74) is 3.16. The Morgan fingerprint density at radius 1 is 0.886 bits per heavy atom. The first kappa shape index (κ1) is 24.4. The lowest BCUT2D eigenvalue weighted by Gasteiger charge is -2.43. The zero-order valence-electron chi connectivity index (χ0n) is 19.7. The molecule has 0 radical (unpaired) electrons. The van der Waals surface area contributed by atoms with E-state index in [1.807, 2.05) is 86.6 Å². The van der Waals surface area contributed by atoms with Gasteiger partial charge in [-0.05, 0) is 42.7 Å². The number of hydrogen-bond acceptors (Lipinski definition) is 5. The lowest BCUT2D eigenvalue weighted by molar-refractivity contribution is -0.144. The van der Waals surface area contributed by atoms with Gasteiger partial charge in [-0.15, -0.1) is 0 Å². The molecule has 6 heteroatoms. The predicted octanol–water partition coefficient (Wildman–Crippen LogP) is 6.22. The molecule has 0 aliphatic carbocycles. The molecule has 35 heavy (non-hydrogen) atoms. The molecule has 174 valence electrons. The van der Waals surface area contributed by atoms with Gasteiger partial charge in [0.25, 0.3) is 0 Å². The Kier molecular flexibility index (Phi) is 6.87. The average molecular weight is 526 g/mol. The van der Waals surface area contributed by atoms with Crippen LogP contribution in [0, 0.1) is 47.8 Å². The lowest BCUT2D eigenvalue weighted by Crippen LogP contribution is -2.47. The maximum absolute atomic E-state index is 13.3. The molecule has 3 atom stereocenters. The molecule has 0 N–H and O–H groups in total. The number of rotatable bonds is 4. The standard InChI is InChI=1S/C29H24BrN3O2/c1-18-4-8-20(9-5-18)25-24(28(34)35-3)26(21-12-14-23(30)15-13-21)33-27(29(25,16-31)17-32)22-10-6-19(2)7-11-22/h4-15,24-25,27H,1-3H3. The van der Waals surface area contributed by atoms with E-state index in [0.29, 0.717) is 5.71 Å². The quantitative estimate of drug-likeness (QED) is 0.378. The van der Waals surface area contributed by atoms with Crippen LogP contribution in [0.15, 0.2) is 82.3 Å². The highest BCUT2D eigenvalue weighted by Crippen LogP contribution is 2.55. The van der Waals surface area contributed by atoms with Crippen LogP contribution in [0.2, 0.25) is 0 Å². The molecule has 0 fully saturated rings. The highest BCUT2D eigenvalue weighted by Gasteiger charge is 2.58. The molecule has 0 bridgehead atoms. The number of halogens is 1. The van der Waals surface area contributed by atoms with Gasteiger partial charge in [-0.1, -0.05) is 87.7 Å². The largest absolute Gasteiger partial charge is 0.468 e. The Bertz CT molecular complexity index is 1330. The number of benzene rings is 3. The summed E-state index contributed by atoms with van der Waals surface area (Å²) in [6.07, 6.45) is 0. The fourth-order valence-electron chi connectivity index (χ4n) is 4.76. The predicted molar refractivity (Wildman–Crippen MR) is 138 cm³/mol. The van der Waals surface area contributed by atoms with Crippen molar-refractivity contribution in [3.05, 3.63) is 105 Å². The highest BCUT2D eigenvalue weighted by atomic mass is 79.9. The van der Waals surface area contributed by atoms with Gasteiger partial charge in [0.05, 0.1) is 25.0 Å². The van der Waals surface area contributed by atoms with E-state index in [0.717, 1.165) is 32.3 Å². The number of carbonyl (C=O) groups excluding carboxylic acids is 1. The van der Waals surface area contributed by atoms with Gasteiger partial charge in [0.1, 0.15) is 12.0 Å². The van der Waals surface area contributed by atoms with E-state index >= 15 is 0 Å². The average Bonchev–Trinajstić information content (AvgIpc) is 2.88. The molecule has 0 spiro atoms. The summed E-state index contributed by atoms with van der Waals surface area (Å²) in [6, 6.07) is 26.6. The minimum atomic E-state index is -1.64. The number of nitrogens with zero attached hydrogens (tertiary/aromatic N) is 3. The van der Waals surface area contributed by atoms with Crippen molar-refractivity contribution < 1.29 is 9.53 Å². The molecule has 4 rings (SSSR count). The Labute approximate surface area is 213 Å². The van der Waals surface area contributed by atoms with Gasteiger partial charge in [-0.25, -0.2) is 0 Å². The van der Waals surface area contributed by atoms with Crippen LogP contribution >= 0.6 is 15.9 Å². The SMILES string of the molecule is COC(=O)C1C(c2ccc(Br)cc2)=NC(c2ccc(C)cc2)C(C#N)(C#N)C1c1ccc(C)cc1. The van der Waals surface area contributed by atoms with E-state index in [1.54, 1.807) is 0 Å². The number of ether oxygens (including phenoxy) is 1. The van der Waals surface area contributed by atoms with E-state index in [-0.39, 0.29) is 0 Å². The maximum atomic E-state index is 13.3. The van der Waals surface area contributed by atoms with Crippen molar-refractivity contribution in [2.45, 2.75) is 25.8 Å². The molecule has 3 unspecified atom stereocenters. The van der Waals surface area contributed by atoms with Gasteiger partial charge in [0.15, 0.2) is 5.41 Å². The van der Waals surface area contributed by atoms with E-state index < -0.39 is 29.3 Å². The molecular weight excluding hydrogens is 502 g/mol. The van der Waals surface area contributed by atoms with E-state index in [4.69, 9.17) is 9.73 Å². The first-order valence-electron chi connectivity index (χ1n) is 11.2. The van der Waals surface area contributed by atoms with Crippen LogP contribution < -0.4 is 0 Å². The summed E-state index contributed by atoms with van der Waals surface area (Å²) in [6.45, 7) is 3.94. The van der Waals surface area contributed by atoms with E-state index in [1.165, 1.54) is 7.11 Å². The van der Waals surface area contributed by atoms with Crippen molar-refractivity contribution in [2.24, 2.45) is 16.3 Å². The molecule has 0 saturated heterocycles. The lowest BCUT2D eigenvalue weighted by atomic mass is 9.59. The minimum absolute atomic E-state index is 0.502. The van der Waals surface area contributed by atoms with Gasteiger partial charge in [0.2, 0.25) is 0 Å². The second-order valence-corrected chi connectivity index (χ2v) is 9.73. The number of methoxy groups -OCH3 is 1. The summed E-state index contributed by atoms with van der Waals surface area (Å²) in [5, 5.41) is 21.2. The molecule has 3 aromatic carbocycles. The smallest absolute Gasteiger partial charge is 0.315 e.